The van der Waals surface area contributed by atoms with Crippen LogP contribution in [0.5, 0.6) is 5.75 Å². The van der Waals surface area contributed by atoms with Gasteiger partial charge < -0.3 is 14.5 Å². The number of carbonyl (C=O) groups excluding carboxylic acids is 1. The van der Waals surface area contributed by atoms with Crippen molar-refractivity contribution in [2.45, 2.75) is 13.0 Å². The highest BCUT2D eigenvalue weighted by Crippen LogP contribution is 2.25. The van der Waals surface area contributed by atoms with Crippen LogP contribution in [-0.2, 0) is 17.8 Å². The molecule has 1 heterocycles. The minimum absolute atomic E-state index is 0.118. The number of amides is 1. The van der Waals surface area contributed by atoms with Crippen molar-refractivity contribution >= 4 is 16.9 Å². The number of halogens is 1. The fourth-order valence-electron chi connectivity index (χ4n) is 2.37. The number of fused-ring (bicyclic) bond motifs is 1. The predicted octanol–water partition coefficient (Wildman–Crippen LogP) is 3.44. The summed E-state index contributed by atoms with van der Waals surface area (Å²) in [4.78, 5) is 12.1. The lowest BCUT2D eigenvalue weighted by Gasteiger charge is -2.05. The summed E-state index contributed by atoms with van der Waals surface area (Å²) in [6.07, 6.45) is 1.81. The Balaban J connectivity index is 1.64. The van der Waals surface area contributed by atoms with Gasteiger partial charge in [-0.05, 0) is 29.8 Å². The third-order valence-electron chi connectivity index (χ3n) is 3.62. The molecule has 23 heavy (non-hydrogen) atoms. The number of ether oxygens (including phenoxy) is 1. The SMILES string of the molecule is COc1ccc2c(CC(=O)NCc3ccc(F)cc3)coc2c1. The molecule has 3 rings (SSSR count). The molecular weight excluding hydrogens is 297 g/mol. The van der Waals surface area contributed by atoms with Gasteiger partial charge in [0.15, 0.2) is 0 Å². The van der Waals surface area contributed by atoms with Crippen molar-refractivity contribution in [3.63, 3.8) is 0 Å². The summed E-state index contributed by atoms with van der Waals surface area (Å²) in [7, 11) is 1.59. The molecular formula is C18H16FNO3. The predicted molar refractivity (Wildman–Crippen MR) is 84.7 cm³/mol. The lowest BCUT2D eigenvalue weighted by Crippen LogP contribution is -2.24. The number of methoxy groups -OCH3 is 1. The first-order valence-corrected chi connectivity index (χ1v) is 7.21. The van der Waals surface area contributed by atoms with E-state index in [1.54, 1.807) is 31.6 Å². The van der Waals surface area contributed by atoms with Crippen molar-refractivity contribution in [3.8, 4) is 5.75 Å². The molecule has 0 saturated heterocycles. The maximum Gasteiger partial charge on any atom is 0.224 e. The number of hydrogen-bond acceptors (Lipinski definition) is 3. The fourth-order valence-corrected chi connectivity index (χ4v) is 2.37. The zero-order chi connectivity index (χ0) is 16.2. The highest BCUT2D eigenvalue weighted by atomic mass is 19.1. The normalized spacial score (nSPS) is 10.7. The van der Waals surface area contributed by atoms with E-state index in [2.05, 4.69) is 5.32 Å². The molecule has 0 bridgehead atoms. The van der Waals surface area contributed by atoms with Gasteiger partial charge in [-0.1, -0.05) is 12.1 Å². The van der Waals surface area contributed by atoms with Gasteiger partial charge in [-0.2, -0.15) is 0 Å². The molecule has 0 atom stereocenters. The average Bonchev–Trinajstić information content (AvgIpc) is 2.96. The summed E-state index contributed by atoms with van der Waals surface area (Å²) in [5.41, 5.74) is 2.35. The first-order valence-electron chi connectivity index (χ1n) is 7.21. The molecule has 1 aromatic heterocycles. The number of carbonyl (C=O) groups is 1. The lowest BCUT2D eigenvalue weighted by molar-refractivity contribution is -0.120. The summed E-state index contributed by atoms with van der Waals surface area (Å²) >= 11 is 0. The van der Waals surface area contributed by atoms with Crippen LogP contribution < -0.4 is 10.1 Å². The summed E-state index contributed by atoms with van der Waals surface area (Å²) in [5.74, 6) is 0.298. The molecule has 1 N–H and O–H groups in total. The Kier molecular flexibility index (Phi) is 4.28. The van der Waals surface area contributed by atoms with Crippen LogP contribution in [0.25, 0.3) is 11.0 Å². The van der Waals surface area contributed by atoms with Gasteiger partial charge in [-0.15, -0.1) is 0 Å². The Morgan fingerprint density at radius 3 is 2.74 bits per heavy atom. The Morgan fingerprint density at radius 1 is 1.22 bits per heavy atom. The van der Waals surface area contributed by atoms with E-state index in [1.165, 1.54) is 12.1 Å². The maximum absolute atomic E-state index is 12.8. The number of nitrogens with one attached hydrogen (secondary N) is 1. The smallest absolute Gasteiger partial charge is 0.224 e. The van der Waals surface area contributed by atoms with Gasteiger partial charge >= 0.3 is 0 Å². The Hall–Kier alpha value is -2.82. The molecule has 4 nitrogen and oxygen atoms in total. The molecule has 3 aromatic rings. The molecule has 0 aliphatic rings. The van der Waals surface area contributed by atoms with Gasteiger partial charge in [0.25, 0.3) is 0 Å². The minimum atomic E-state index is -0.291. The van der Waals surface area contributed by atoms with Crippen molar-refractivity contribution < 1.29 is 18.3 Å². The van der Waals surface area contributed by atoms with Crippen LogP contribution >= 0.6 is 0 Å². The second-order valence-electron chi connectivity index (χ2n) is 5.20. The van der Waals surface area contributed by atoms with E-state index in [0.717, 1.165) is 16.5 Å². The van der Waals surface area contributed by atoms with Gasteiger partial charge in [0.2, 0.25) is 5.91 Å². The Morgan fingerprint density at radius 2 is 2.00 bits per heavy atom. The summed E-state index contributed by atoms with van der Waals surface area (Å²) in [5, 5.41) is 3.71. The van der Waals surface area contributed by atoms with E-state index in [-0.39, 0.29) is 18.1 Å². The second kappa shape index (κ2) is 6.52. The van der Waals surface area contributed by atoms with E-state index in [9.17, 15) is 9.18 Å². The number of rotatable bonds is 5. The minimum Gasteiger partial charge on any atom is -0.497 e. The van der Waals surface area contributed by atoms with Crippen molar-refractivity contribution in [1.29, 1.82) is 0 Å². The van der Waals surface area contributed by atoms with E-state index in [1.807, 2.05) is 12.1 Å². The molecule has 1 amide bonds. The quantitative estimate of drug-likeness (QED) is 0.785. The van der Waals surface area contributed by atoms with Crippen LogP contribution in [0, 0.1) is 5.82 Å². The first-order chi connectivity index (χ1) is 11.2. The monoisotopic (exact) mass is 313 g/mol. The molecule has 0 saturated carbocycles. The highest BCUT2D eigenvalue weighted by Gasteiger charge is 2.11. The fraction of sp³-hybridized carbons (Fsp3) is 0.167. The van der Waals surface area contributed by atoms with Crippen molar-refractivity contribution in [1.82, 2.24) is 5.32 Å². The first kappa shape index (κ1) is 15.1. The molecule has 0 radical (unpaired) electrons. The molecule has 0 unspecified atom stereocenters. The average molecular weight is 313 g/mol. The van der Waals surface area contributed by atoms with Gasteiger partial charge in [0.1, 0.15) is 17.1 Å². The molecule has 0 aliphatic heterocycles. The number of hydrogen-bond donors (Lipinski definition) is 1. The summed E-state index contributed by atoms with van der Waals surface area (Å²) in [6, 6.07) is 11.5. The molecule has 0 aliphatic carbocycles. The molecule has 2 aromatic carbocycles. The van der Waals surface area contributed by atoms with Crippen molar-refractivity contribution in [2.24, 2.45) is 0 Å². The van der Waals surface area contributed by atoms with Gasteiger partial charge in [0, 0.05) is 23.6 Å². The highest BCUT2D eigenvalue weighted by molar-refractivity contribution is 5.88. The van der Waals surface area contributed by atoms with Gasteiger partial charge in [-0.3, -0.25) is 4.79 Å². The molecule has 5 heteroatoms. The van der Waals surface area contributed by atoms with Crippen molar-refractivity contribution in [3.05, 3.63) is 65.7 Å². The molecule has 0 fully saturated rings. The summed E-state index contributed by atoms with van der Waals surface area (Å²) < 4.78 is 23.4. The molecule has 0 spiro atoms. The maximum atomic E-state index is 12.8. The zero-order valence-corrected chi connectivity index (χ0v) is 12.6. The Labute approximate surface area is 132 Å². The van der Waals surface area contributed by atoms with Crippen LogP contribution in [0.1, 0.15) is 11.1 Å². The van der Waals surface area contributed by atoms with Crippen LogP contribution in [0.15, 0.2) is 53.1 Å². The van der Waals surface area contributed by atoms with Crippen LogP contribution in [0.4, 0.5) is 4.39 Å². The third kappa shape index (κ3) is 3.51. The van der Waals surface area contributed by atoms with E-state index in [0.29, 0.717) is 17.9 Å². The number of furan rings is 1. The topological polar surface area (TPSA) is 51.5 Å². The zero-order valence-electron chi connectivity index (χ0n) is 12.6. The van der Waals surface area contributed by atoms with Gasteiger partial charge in [0.05, 0.1) is 19.8 Å². The van der Waals surface area contributed by atoms with E-state index in [4.69, 9.17) is 9.15 Å². The molecule has 118 valence electrons. The van der Waals surface area contributed by atoms with E-state index >= 15 is 0 Å². The Bertz CT molecular complexity index is 824. The van der Waals surface area contributed by atoms with E-state index < -0.39 is 0 Å². The second-order valence-corrected chi connectivity index (χ2v) is 5.20. The van der Waals surface area contributed by atoms with Crippen LogP contribution in [-0.4, -0.2) is 13.0 Å². The summed E-state index contributed by atoms with van der Waals surface area (Å²) in [6.45, 7) is 0.364. The van der Waals surface area contributed by atoms with Crippen LogP contribution in [0.3, 0.4) is 0 Å². The third-order valence-corrected chi connectivity index (χ3v) is 3.62. The van der Waals surface area contributed by atoms with Crippen LogP contribution in [0.2, 0.25) is 0 Å². The van der Waals surface area contributed by atoms with Crippen molar-refractivity contribution in [2.75, 3.05) is 7.11 Å². The largest absolute Gasteiger partial charge is 0.497 e. The lowest BCUT2D eigenvalue weighted by atomic mass is 10.1. The van der Waals surface area contributed by atoms with Gasteiger partial charge in [-0.25, -0.2) is 4.39 Å². The number of benzene rings is 2. The standard InChI is InChI=1S/C18H16FNO3/c1-22-15-6-7-16-13(11-23-17(16)9-15)8-18(21)20-10-12-2-4-14(19)5-3-12/h2-7,9,11H,8,10H2,1H3,(H,20,21).